The summed E-state index contributed by atoms with van der Waals surface area (Å²) in [6, 6.07) is 3.85. The molecule has 6 heteroatoms. The van der Waals surface area contributed by atoms with Crippen molar-refractivity contribution >= 4 is 5.65 Å². The van der Waals surface area contributed by atoms with Gasteiger partial charge in [0.15, 0.2) is 11.5 Å². The molecule has 0 radical (unpaired) electrons. The molecular formula is C14H21N5O. The lowest BCUT2D eigenvalue weighted by atomic mass is 10.3. The number of methoxy groups -OCH3 is 1. The minimum atomic E-state index is 0.799. The first-order valence-corrected chi connectivity index (χ1v) is 7.05. The Morgan fingerprint density at radius 1 is 1.20 bits per heavy atom. The standard InChI is InChI=1S/C14H21N5O/c1-17-7-9-18(10-8-17)6-5-13-15-14-4-3-12(20-2)11-19(14)16-13/h3-4,11H,5-10H2,1-2H3. The zero-order chi connectivity index (χ0) is 13.9. The van der Waals surface area contributed by atoms with Gasteiger partial charge in [0, 0.05) is 39.1 Å². The van der Waals surface area contributed by atoms with Gasteiger partial charge in [0.25, 0.3) is 0 Å². The van der Waals surface area contributed by atoms with Crippen molar-refractivity contribution in [3.05, 3.63) is 24.2 Å². The summed E-state index contributed by atoms with van der Waals surface area (Å²) in [4.78, 5) is 9.39. The molecule has 0 amide bonds. The average Bonchev–Trinajstić information content (AvgIpc) is 2.88. The van der Waals surface area contributed by atoms with Crippen molar-refractivity contribution in [2.75, 3.05) is 46.9 Å². The summed E-state index contributed by atoms with van der Waals surface area (Å²) in [5.41, 5.74) is 0.874. The summed E-state index contributed by atoms with van der Waals surface area (Å²) in [6.07, 6.45) is 2.76. The summed E-state index contributed by atoms with van der Waals surface area (Å²) < 4.78 is 6.99. The van der Waals surface area contributed by atoms with Gasteiger partial charge in [-0.3, -0.25) is 0 Å². The first-order chi connectivity index (χ1) is 9.74. The number of piperazine rings is 1. The SMILES string of the molecule is COc1ccc2nc(CCN3CCN(C)CC3)nn2c1. The molecule has 1 aliphatic rings. The maximum atomic E-state index is 5.20. The summed E-state index contributed by atoms with van der Waals surface area (Å²) in [5.74, 6) is 1.70. The van der Waals surface area contributed by atoms with E-state index in [1.807, 2.05) is 18.3 Å². The molecule has 0 aliphatic carbocycles. The van der Waals surface area contributed by atoms with Crippen LogP contribution >= 0.6 is 0 Å². The summed E-state index contributed by atoms with van der Waals surface area (Å²) in [6.45, 7) is 5.60. The highest BCUT2D eigenvalue weighted by molar-refractivity contribution is 5.40. The lowest BCUT2D eigenvalue weighted by Gasteiger charge is -2.31. The van der Waals surface area contributed by atoms with Gasteiger partial charge in [-0.05, 0) is 19.2 Å². The van der Waals surface area contributed by atoms with Crippen LogP contribution in [0, 0.1) is 0 Å². The monoisotopic (exact) mass is 275 g/mol. The molecule has 1 aliphatic heterocycles. The Kier molecular flexibility index (Phi) is 3.84. The average molecular weight is 275 g/mol. The van der Waals surface area contributed by atoms with Crippen molar-refractivity contribution in [1.82, 2.24) is 24.4 Å². The van der Waals surface area contributed by atoms with Gasteiger partial charge < -0.3 is 14.5 Å². The molecule has 0 saturated carbocycles. The normalized spacial score (nSPS) is 17.7. The number of aromatic nitrogens is 3. The molecule has 0 spiro atoms. The second-order valence-electron chi connectivity index (χ2n) is 5.29. The Balaban J connectivity index is 1.62. The number of ether oxygens (including phenoxy) is 1. The van der Waals surface area contributed by atoms with Crippen molar-refractivity contribution in [1.29, 1.82) is 0 Å². The predicted octanol–water partition coefficient (Wildman–Crippen LogP) is 0.528. The van der Waals surface area contributed by atoms with Crippen LogP contribution in [-0.4, -0.2) is 71.3 Å². The molecule has 20 heavy (non-hydrogen) atoms. The minimum absolute atomic E-state index is 0.799. The van der Waals surface area contributed by atoms with Gasteiger partial charge >= 0.3 is 0 Å². The van der Waals surface area contributed by atoms with E-state index in [1.54, 1.807) is 11.6 Å². The fraction of sp³-hybridized carbons (Fsp3) is 0.571. The molecule has 0 unspecified atom stereocenters. The van der Waals surface area contributed by atoms with Gasteiger partial charge in [-0.25, -0.2) is 9.50 Å². The molecule has 0 aromatic carbocycles. The first kappa shape index (κ1) is 13.3. The second kappa shape index (κ2) is 5.76. The number of hydrogen-bond donors (Lipinski definition) is 0. The van der Waals surface area contributed by atoms with E-state index in [0.717, 1.165) is 56.4 Å². The number of likely N-dealkylation sites (N-methyl/N-ethyl adjacent to an activating group) is 1. The third kappa shape index (κ3) is 2.91. The Labute approximate surface area is 119 Å². The van der Waals surface area contributed by atoms with Crippen molar-refractivity contribution in [3.63, 3.8) is 0 Å². The fourth-order valence-electron chi connectivity index (χ4n) is 2.47. The number of nitrogens with zero attached hydrogens (tertiary/aromatic N) is 5. The number of fused-ring (bicyclic) bond motifs is 1. The summed E-state index contributed by atoms with van der Waals surface area (Å²) >= 11 is 0. The van der Waals surface area contributed by atoms with Crippen LogP contribution in [0.1, 0.15) is 5.82 Å². The molecule has 3 heterocycles. The highest BCUT2D eigenvalue weighted by Crippen LogP contribution is 2.11. The largest absolute Gasteiger partial charge is 0.495 e. The van der Waals surface area contributed by atoms with Gasteiger partial charge in [-0.1, -0.05) is 0 Å². The molecule has 2 aromatic heterocycles. The molecule has 1 saturated heterocycles. The van der Waals surface area contributed by atoms with E-state index in [-0.39, 0.29) is 0 Å². The van der Waals surface area contributed by atoms with E-state index in [9.17, 15) is 0 Å². The van der Waals surface area contributed by atoms with Crippen LogP contribution < -0.4 is 4.74 Å². The van der Waals surface area contributed by atoms with Gasteiger partial charge in [0.1, 0.15) is 5.75 Å². The third-order valence-electron chi connectivity index (χ3n) is 3.83. The fourth-order valence-corrected chi connectivity index (χ4v) is 2.47. The minimum Gasteiger partial charge on any atom is -0.495 e. The second-order valence-corrected chi connectivity index (χ2v) is 5.29. The highest BCUT2D eigenvalue weighted by Gasteiger charge is 2.14. The van der Waals surface area contributed by atoms with Crippen LogP contribution in [0.2, 0.25) is 0 Å². The maximum Gasteiger partial charge on any atom is 0.155 e. The zero-order valence-electron chi connectivity index (χ0n) is 12.1. The van der Waals surface area contributed by atoms with Crippen LogP contribution in [-0.2, 0) is 6.42 Å². The van der Waals surface area contributed by atoms with Gasteiger partial charge in [0.05, 0.1) is 13.3 Å². The van der Waals surface area contributed by atoms with Crippen LogP contribution in [0.25, 0.3) is 5.65 Å². The molecule has 6 nitrogen and oxygen atoms in total. The lowest BCUT2D eigenvalue weighted by Crippen LogP contribution is -2.45. The van der Waals surface area contributed by atoms with Gasteiger partial charge in [0.2, 0.25) is 0 Å². The molecule has 108 valence electrons. The Morgan fingerprint density at radius 3 is 2.75 bits per heavy atom. The first-order valence-electron chi connectivity index (χ1n) is 7.05. The molecule has 0 atom stereocenters. The van der Waals surface area contributed by atoms with Gasteiger partial charge in [-0.2, -0.15) is 5.10 Å². The molecule has 0 N–H and O–H groups in total. The topological polar surface area (TPSA) is 45.9 Å². The Hall–Kier alpha value is -1.66. The van der Waals surface area contributed by atoms with E-state index in [2.05, 4.69) is 26.9 Å². The smallest absolute Gasteiger partial charge is 0.155 e. The van der Waals surface area contributed by atoms with E-state index in [0.29, 0.717) is 0 Å². The van der Waals surface area contributed by atoms with E-state index in [4.69, 9.17) is 4.74 Å². The molecule has 2 aromatic rings. The highest BCUT2D eigenvalue weighted by atomic mass is 16.5. The van der Waals surface area contributed by atoms with Crippen molar-refractivity contribution in [3.8, 4) is 5.75 Å². The van der Waals surface area contributed by atoms with E-state index >= 15 is 0 Å². The number of pyridine rings is 1. The summed E-state index contributed by atoms with van der Waals surface area (Å²) in [5, 5.41) is 4.51. The lowest BCUT2D eigenvalue weighted by molar-refractivity contribution is 0.155. The Morgan fingerprint density at radius 2 is 2.00 bits per heavy atom. The van der Waals surface area contributed by atoms with Crippen LogP contribution in [0.3, 0.4) is 0 Å². The van der Waals surface area contributed by atoms with Crippen LogP contribution in [0.15, 0.2) is 18.3 Å². The predicted molar refractivity (Wildman–Crippen MR) is 77.2 cm³/mol. The van der Waals surface area contributed by atoms with Crippen molar-refractivity contribution in [2.24, 2.45) is 0 Å². The quantitative estimate of drug-likeness (QED) is 0.814. The van der Waals surface area contributed by atoms with E-state index in [1.165, 1.54) is 0 Å². The van der Waals surface area contributed by atoms with Crippen molar-refractivity contribution in [2.45, 2.75) is 6.42 Å². The van der Waals surface area contributed by atoms with Gasteiger partial charge in [-0.15, -0.1) is 0 Å². The van der Waals surface area contributed by atoms with Crippen LogP contribution in [0.5, 0.6) is 5.75 Å². The van der Waals surface area contributed by atoms with Crippen LogP contribution in [0.4, 0.5) is 0 Å². The van der Waals surface area contributed by atoms with E-state index < -0.39 is 0 Å². The molecular weight excluding hydrogens is 254 g/mol. The molecule has 1 fully saturated rings. The number of rotatable bonds is 4. The third-order valence-corrected chi connectivity index (χ3v) is 3.83. The molecule has 0 bridgehead atoms. The maximum absolute atomic E-state index is 5.20. The zero-order valence-corrected chi connectivity index (χ0v) is 12.1. The number of hydrogen-bond acceptors (Lipinski definition) is 5. The summed E-state index contributed by atoms with van der Waals surface area (Å²) in [7, 11) is 3.83. The van der Waals surface area contributed by atoms with Crippen molar-refractivity contribution < 1.29 is 4.74 Å². The molecule has 3 rings (SSSR count). The Bertz CT molecular complexity index is 574.